The van der Waals surface area contributed by atoms with Gasteiger partial charge in [-0.05, 0) is 18.9 Å². The summed E-state index contributed by atoms with van der Waals surface area (Å²) in [6.07, 6.45) is -0.227. The van der Waals surface area contributed by atoms with Gasteiger partial charge in [0.05, 0.1) is 6.61 Å². The molecule has 1 aliphatic rings. The quantitative estimate of drug-likeness (QED) is 0.492. The lowest BCUT2D eigenvalue weighted by Gasteiger charge is -2.36. The normalized spacial score (nSPS) is 37.4. The Bertz CT molecular complexity index is 239. The summed E-state index contributed by atoms with van der Waals surface area (Å²) in [5.41, 5.74) is 0. The highest BCUT2D eigenvalue weighted by Crippen LogP contribution is 2.24. The minimum absolute atomic E-state index is 0.241. The molecule has 1 heterocycles. The van der Waals surface area contributed by atoms with Crippen LogP contribution in [0.15, 0.2) is 11.8 Å². The van der Waals surface area contributed by atoms with Crippen molar-refractivity contribution in [3.05, 3.63) is 11.8 Å². The lowest BCUT2D eigenvalue weighted by Crippen LogP contribution is -2.53. The number of aliphatic hydroxyl groups is 4. The topological polar surface area (TPSA) is 90.2 Å². The van der Waals surface area contributed by atoms with E-state index in [1.54, 1.807) is 6.08 Å². The van der Waals surface area contributed by atoms with E-state index in [4.69, 9.17) is 9.84 Å². The van der Waals surface area contributed by atoms with Crippen LogP contribution in [0.1, 0.15) is 26.2 Å². The van der Waals surface area contributed by atoms with E-state index in [2.05, 4.69) is 0 Å². The van der Waals surface area contributed by atoms with E-state index in [9.17, 15) is 15.3 Å². The van der Waals surface area contributed by atoms with Crippen molar-refractivity contribution in [2.45, 2.75) is 50.6 Å². The highest BCUT2D eigenvalue weighted by molar-refractivity contribution is 5.09. The zero-order valence-electron chi connectivity index (χ0n) is 9.41. The number of ether oxygens (including phenoxy) is 1. The molecule has 1 saturated heterocycles. The first kappa shape index (κ1) is 13.4. The third-order valence-corrected chi connectivity index (χ3v) is 2.72. The fourth-order valence-electron chi connectivity index (χ4n) is 1.65. The van der Waals surface area contributed by atoms with Gasteiger partial charge in [-0.15, -0.1) is 0 Å². The van der Waals surface area contributed by atoms with Crippen molar-refractivity contribution in [1.82, 2.24) is 0 Å². The zero-order valence-corrected chi connectivity index (χ0v) is 9.41. The van der Waals surface area contributed by atoms with Crippen LogP contribution in [0.3, 0.4) is 0 Å². The summed E-state index contributed by atoms with van der Waals surface area (Å²) >= 11 is 0. The van der Waals surface area contributed by atoms with Crippen molar-refractivity contribution < 1.29 is 25.2 Å². The molecular formula is C11H20O5. The number of unbranched alkanes of at least 4 members (excludes halogenated alkanes) is 2. The Kier molecular flexibility index (Phi) is 5.21. The number of aliphatic hydroxyl groups excluding tert-OH is 4. The van der Waals surface area contributed by atoms with E-state index in [-0.39, 0.29) is 5.76 Å². The van der Waals surface area contributed by atoms with Crippen LogP contribution in [-0.4, -0.2) is 51.4 Å². The van der Waals surface area contributed by atoms with Crippen molar-refractivity contribution in [3.8, 4) is 0 Å². The van der Waals surface area contributed by atoms with Crippen molar-refractivity contribution in [3.63, 3.8) is 0 Å². The first-order chi connectivity index (χ1) is 7.61. The van der Waals surface area contributed by atoms with E-state index < -0.39 is 31.0 Å². The van der Waals surface area contributed by atoms with Crippen LogP contribution in [0.25, 0.3) is 0 Å². The van der Waals surface area contributed by atoms with E-state index in [0.29, 0.717) is 0 Å². The van der Waals surface area contributed by atoms with E-state index in [1.165, 1.54) is 0 Å². The Hall–Kier alpha value is -0.620. The number of rotatable bonds is 4. The van der Waals surface area contributed by atoms with Crippen molar-refractivity contribution >= 4 is 0 Å². The molecule has 0 aliphatic carbocycles. The first-order valence-corrected chi connectivity index (χ1v) is 5.63. The molecule has 0 bridgehead atoms. The highest BCUT2D eigenvalue weighted by Gasteiger charge is 2.40. The van der Waals surface area contributed by atoms with Crippen LogP contribution in [0.2, 0.25) is 0 Å². The maximum Gasteiger partial charge on any atom is 0.150 e. The standard InChI is InChI=1S/C11H20O5/c1-2-3-4-5-7-9(13)11(15)10(14)8(6-12)16-7/h5,8-15H,2-4,6H2,1H3/b7-5-/t8-,9+,10-,11-/m1/s1. The number of hydrogen-bond acceptors (Lipinski definition) is 5. The lowest BCUT2D eigenvalue weighted by molar-refractivity contribution is -0.165. The van der Waals surface area contributed by atoms with E-state index >= 15 is 0 Å². The maximum atomic E-state index is 9.64. The van der Waals surface area contributed by atoms with Crippen LogP contribution in [0.5, 0.6) is 0 Å². The fourth-order valence-corrected chi connectivity index (χ4v) is 1.65. The molecule has 0 spiro atoms. The summed E-state index contributed by atoms with van der Waals surface area (Å²) in [7, 11) is 0. The molecule has 4 atom stereocenters. The number of allylic oxidation sites excluding steroid dienone is 1. The molecule has 5 heteroatoms. The van der Waals surface area contributed by atoms with Gasteiger partial charge >= 0.3 is 0 Å². The van der Waals surface area contributed by atoms with Gasteiger partial charge in [-0.25, -0.2) is 0 Å². The molecule has 0 aromatic rings. The van der Waals surface area contributed by atoms with E-state index in [1.807, 2.05) is 6.92 Å². The fraction of sp³-hybridized carbons (Fsp3) is 0.818. The smallest absolute Gasteiger partial charge is 0.150 e. The Morgan fingerprint density at radius 2 is 1.94 bits per heavy atom. The van der Waals surface area contributed by atoms with Gasteiger partial charge in [0.2, 0.25) is 0 Å². The number of hydrogen-bond donors (Lipinski definition) is 4. The molecule has 1 rings (SSSR count). The molecule has 0 amide bonds. The van der Waals surface area contributed by atoms with Gasteiger partial charge in [0.25, 0.3) is 0 Å². The second kappa shape index (κ2) is 6.20. The van der Waals surface area contributed by atoms with E-state index in [0.717, 1.165) is 19.3 Å². The Morgan fingerprint density at radius 1 is 1.25 bits per heavy atom. The largest absolute Gasteiger partial charge is 0.487 e. The molecule has 16 heavy (non-hydrogen) atoms. The van der Waals surface area contributed by atoms with Crippen molar-refractivity contribution in [1.29, 1.82) is 0 Å². The SMILES string of the molecule is CCCC/C=C1\O[C@H](CO)[C@@H](O)[C@H](O)[C@H]1O. The van der Waals surface area contributed by atoms with Gasteiger partial charge in [0.1, 0.15) is 30.2 Å². The van der Waals surface area contributed by atoms with Crippen LogP contribution >= 0.6 is 0 Å². The average Bonchev–Trinajstić information content (AvgIpc) is 2.29. The van der Waals surface area contributed by atoms with Gasteiger partial charge in [-0.3, -0.25) is 0 Å². The van der Waals surface area contributed by atoms with Gasteiger partial charge in [-0.2, -0.15) is 0 Å². The van der Waals surface area contributed by atoms with Crippen molar-refractivity contribution in [2.75, 3.05) is 6.61 Å². The summed E-state index contributed by atoms with van der Waals surface area (Å²) in [4.78, 5) is 0. The Morgan fingerprint density at radius 3 is 2.50 bits per heavy atom. The summed E-state index contributed by atoms with van der Waals surface area (Å²) in [5.74, 6) is 0.241. The Balaban J connectivity index is 2.66. The van der Waals surface area contributed by atoms with Crippen LogP contribution in [0.4, 0.5) is 0 Å². The third kappa shape index (κ3) is 2.95. The van der Waals surface area contributed by atoms with Gasteiger partial charge < -0.3 is 25.2 Å². The molecule has 5 nitrogen and oxygen atoms in total. The van der Waals surface area contributed by atoms with Crippen LogP contribution < -0.4 is 0 Å². The molecule has 0 unspecified atom stereocenters. The molecule has 1 aliphatic heterocycles. The molecule has 4 N–H and O–H groups in total. The molecule has 0 saturated carbocycles. The predicted molar refractivity (Wildman–Crippen MR) is 57.6 cm³/mol. The summed E-state index contributed by atoms with van der Waals surface area (Å²) in [6.45, 7) is 1.65. The minimum Gasteiger partial charge on any atom is -0.487 e. The molecular weight excluding hydrogens is 212 g/mol. The van der Waals surface area contributed by atoms with Crippen LogP contribution in [0, 0.1) is 0 Å². The van der Waals surface area contributed by atoms with Gasteiger partial charge in [0, 0.05) is 0 Å². The monoisotopic (exact) mass is 232 g/mol. The summed E-state index contributed by atoms with van der Waals surface area (Å²) in [6, 6.07) is 0. The lowest BCUT2D eigenvalue weighted by atomic mass is 9.97. The molecule has 0 aromatic carbocycles. The van der Waals surface area contributed by atoms with Gasteiger partial charge in [0.15, 0.2) is 0 Å². The molecule has 1 fully saturated rings. The third-order valence-electron chi connectivity index (χ3n) is 2.72. The summed E-state index contributed by atoms with van der Waals surface area (Å²) < 4.78 is 5.23. The second-order valence-corrected chi connectivity index (χ2v) is 4.01. The average molecular weight is 232 g/mol. The maximum absolute atomic E-state index is 9.64. The summed E-state index contributed by atoms with van der Waals surface area (Å²) in [5, 5.41) is 37.6. The second-order valence-electron chi connectivity index (χ2n) is 4.01. The highest BCUT2D eigenvalue weighted by atomic mass is 16.5. The van der Waals surface area contributed by atoms with Crippen LogP contribution in [-0.2, 0) is 4.74 Å². The predicted octanol–water partition coefficient (Wildman–Crippen LogP) is -0.466. The first-order valence-electron chi connectivity index (χ1n) is 5.63. The van der Waals surface area contributed by atoms with Crippen molar-refractivity contribution in [2.24, 2.45) is 0 Å². The molecule has 0 radical (unpaired) electrons. The van der Waals surface area contributed by atoms with Gasteiger partial charge in [-0.1, -0.05) is 13.3 Å². The minimum atomic E-state index is -1.31. The molecule has 0 aromatic heterocycles. The Labute approximate surface area is 95.0 Å². The zero-order chi connectivity index (χ0) is 12.1. The molecule has 94 valence electrons.